The Labute approximate surface area is 520 Å². The summed E-state index contributed by atoms with van der Waals surface area (Å²) in [7, 11) is 9.23. The number of unbranched alkanes of at least 4 members (excludes halogenated alkanes) is 4. The Balaban J connectivity index is 1.04. The minimum Gasteiger partial charge on any atom is -0.354 e. The van der Waals surface area contributed by atoms with Crippen molar-refractivity contribution in [1.29, 1.82) is 0 Å². The molecule has 2 aromatic rings. The molecule has 7 rings (SSSR count). The van der Waals surface area contributed by atoms with Gasteiger partial charge in [-0.3, -0.25) is 24.5 Å². The maximum absolute atomic E-state index is 5.59. The van der Waals surface area contributed by atoms with Crippen LogP contribution in [0.2, 0.25) is 0 Å². The van der Waals surface area contributed by atoms with Gasteiger partial charge in [0.2, 0.25) is 35.7 Å². The molecule has 486 valence electrons. The van der Waals surface area contributed by atoms with Gasteiger partial charge in [-0.15, -0.1) is 0 Å². The lowest BCUT2D eigenvalue weighted by Crippen LogP contribution is -2.63. The molecule has 2 aromatic heterocycles. The van der Waals surface area contributed by atoms with Crippen molar-refractivity contribution in [3.63, 3.8) is 0 Å². The zero-order valence-corrected chi connectivity index (χ0v) is 58.9. The van der Waals surface area contributed by atoms with E-state index in [4.69, 9.17) is 29.9 Å². The molecule has 0 saturated carbocycles. The molecule has 3 N–H and O–H groups in total. The van der Waals surface area contributed by atoms with E-state index >= 15 is 0 Å². The number of nitrogens with zero attached hydrogens (tertiary/aromatic N) is 14. The van der Waals surface area contributed by atoms with E-state index in [1.54, 1.807) is 0 Å². The zero-order valence-electron chi connectivity index (χ0n) is 58.9. The molecule has 0 unspecified atom stereocenters. The highest BCUT2D eigenvalue weighted by Gasteiger charge is 2.48. The molecule has 5 aliphatic heterocycles. The zero-order chi connectivity index (χ0) is 62.6. The molecule has 0 atom stereocenters. The second-order valence-electron chi connectivity index (χ2n) is 32.6. The normalized spacial score (nSPS) is 24.1. The maximum atomic E-state index is 5.59. The first kappa shape index (κ1) is 69.1. The fraction of sp³-hybridized carbons (Fsp3) is 0.912. The lowest BCUT2D eigenvalue weighted by atomic mass is 9.72. The SMILES string of the molecule is CCCCN(c1nc(NCCN2CCN(c3nc(NCCCCC4CC(C)(C)N(C)C(C)(C)C4)nc(NCCCCC4CC(C)(C)N(C)C(C)(C)C4)n3)CC2)nc(N(CCCC)C2CC(C)(C)N(C)C(C)(C)C2)n1)C1CC(C)(C)N(C)C(C)(C)C1. The highest BCUT2D eigenvalue weighted by atomic mass is 15.4. The van der Waals surface area contributed by atoms with E-state index in [1.165, 1.54) is 51.4 Å². The van der Waals surface area contributed by atoms with Gasteiger partial charge in [-0.05, 0) is 228 Å². The van der Waals surface area contributed by atoms with Crippen molar-refractivity contribution in [3.05, 3.63) is 0 Å². The third-order valence-corrected chi connectivity index (χ3v) is 22.5. The van der Waals surface area contributed by atoms with E-state index in [-0.39, 0.29) is 44.3 Å². The molecular weight excluding hydrogens is 1050 g/mol. The summed E-state index contributed by atoms with van der Waals surface area (Å²) in [5.41, 5.74) is 1.01. The van der Waals surface area contributed by atoms with Crippen molar-refractivity contribution < 1.29 is 0 Å². The predicted octanol–water partition coefficient (Wildman–Crippen LogP) is 12.8. The Hall–Kier alpha value is -3.38. The fourth-order valence-corrected chi connectivity index (χ4v) is 16.6. The molecule has 0 bridgehead atoms. The topological polar surface area (TPSA) is 139 Å². The van der Waals surface area contributed by atoms with Crippen LogP contribution in [0.4, 0.5) is 35.7 Å². The summed E-state index contributed by atoms with van der Waals surface area (Å²) in [5.74, 6) is 5.97. The van der Waals surface area contributed by atoms with Crippen LogP contribution in [0.3, 0.4) is 0 Å². The number of hydrogen-bond acceptors (Lipinski definition) is 17. The molecule has 85 heavy (non-hydrogen) atoms. The van der Waals surface area contributed by atoms with E-state index in [0.29, 0.717) is 29.9 Å². The first-order valence-electron chi connectivity index (χ1n) is 34.3. The number of anilines is 6. The third-order valence-electron chi connectivity index (χ3n) is 22.5. The van der Waals surface area contributed by atoms with Crippen LogP contribution >= 0.6 is 0 Å². The number of likely N-dealkylation sites (tertiary alicyclic amines) is 4. The maximum Gasteiger partial charge on any atom is 0.232 e. The third kappa shape index (κ3) is 17.5. The molecule has 5 fully saturated rings. The molecule has 5 saturated heterocycles. The monoisotopic (exact) mass is 1180 g/mol. The fourth-order valence-electron chi connectivity index (χ4n) is 16.6. The van der Waals surface area contributed by atoms with Crippen LogP contribution in [0.5, 0.6) is 0 Å². The molecule has 0 radical (unpaired) electrons. The van der Waals surface area contributed by atoms with Crippen LogP contribution in [-0.4, -0.2) is 204 Å². The summed E-state index contributed by atoms with van der Waals surface area (Å²) in [6.45, 7) is 52.0. The summed E-state index contributed by atoms with van der Waals surface area (Å²) in [6.07, 6.45) is 20.8. The minimum absolute atomic E-state index is 0.0300. The standard InChI is InChI=1S/C68H129N17/c1-23-25-36-84(53-47-65(11,12)80(21)66(13,14)48-53)59-75-57(76-60(77-59)85(37-26-24-2)54-49-67(15,16)81(22)68(17,18)50-54)71-35-38-82-39-41-83(42-40-82)58-73-55(69-33-29-27-31-51-43-61(3,4)78(19)62(5,6)44-51)72-56(74-58)70-34-30-28-32-52-45-63(7,8)79(20)64(9,10)46-52/h51-54H,23-50H2,1-22H3,(H,71,75,76,77)(H2,69,70,72,73,74). The molecule has 17 heteroatoms. The second kappa shape index (κ2) is 27.8. The Morgan fingerprint density at radius 3 is 1.07 bits per heavy atom. The highest BCUT2D eigenvalue weighted by Crippen LogP contribution is 2.45. The molecular formula is C68H129N17. The van der Waals surface area contributed by atoms with Gasteiger partial charge in [0.25, 0.3) is 0 Å². The lowest BCUT2D eigenvalue weighted by Gasteiger charge is -2.56. The van der Waals surface area contributed by atoms with Gasteiger partial charge in [-0.25, -0.2) is 0 Å². The van der Waals surface area contributed by atoms with Gasteiger partial charge in [0.05, 0.1) is 0 Å². The van der Waals surface area contributed by atoms with Gasteiger partial charge < -0.3 is 30.7 Å². The summed E-state index contributed by atoms with van der Waals surface area (Å²) >= 11 is 0. The molecule has 7 heterocycles. The Bertz CT molecular complexity index is 2190. The number of rotatable bonds is 27. The van der Waals surface area contributed by atoms with Crippen LogP contribution in [0.1, 0.15) is 240 Å². The Morgan fingerprint density at radius 2 is 0.718 bits per heavy atom. The molecule has 5 aliphatic rings. The molecule has 0 aromatic carbocycles. The van der Waals surface area contributed by atoms with Crippen molar-refractivity contribution in [2.24, 2.45) is 11.8 Å². The van der Waals surface area contributed by atoms with Crippen molar-refractivity contribution in [2.75, 3.05) is 124 Å². The van der Waals surface area contributed by atoms with E-state index in [2.05, 4.69) is 208 Å². The number of hydrogen-bond donors (Lipinski definition) is 3. The number of nitrogens with one attached hydrogen (secondary N) is 3. The van der Waals surface area contributed by atoms with Crippen LogP contribution in [-0.2, 0) is 0 Å². The smallest absolute Gasteiger partial charge is 0.232 e. The van der Waals surface area contributed by atoms with E-state index < -0.39 is 0 Å². The predicted molar refractivity (Wildman–Crippen MR) is 361 cm³/mol. The second-order valence-corrected chi connectivity index (χ2v) is 32.6. The van der Waals surface area contributed by atoms with Crippen molar-refractivity contribution in [2.45, 2.75) is 297 Å². The van der Waals surface area contributed by atoms with Crippen molar-refractivity contribution >= 4 is 35.7 Å². The molecule has 0 spiro atoms. The number of aromatic nitrogens is 6. The first-order chi connectivity index (χ1) is 39.6. The Morgan fingerprint density at radius 1 is 0.388 bits per heavy atom. The van der Waals surface area contributed by atoms with Gasteiger partial charge in [0.1, 0.15) is 0 Å². The van der Waals surface area contributed by atoms with Gasteiger partial charge in [0.15, 0.2) is 0 Å². The molecule has 0 amide bonds. The van der Waals surface area contributed by atoms with Gasteiger partial charge >= 0.3 is 0 Å². The summed E-state index contributed by atoms with van der Waals surface area (Å²) in [6, 6.07) is 0.612. The van der Waals surface area contributed by atoms with Crippen molar-refractivity contribution in [3.8, 4) is 0 Å². The van der Waals surface area contributed by atoms with E-state index in [9.17, 15) is 0 Å². The summed E-state index contributed by atoms with van der Waals surface area (Å²) in [5, 5.41) is 11.1. The average molecular weight is 1180 g/mol. The average Bonchev–Trinajstić information content (AvgIpc) is 3.59. The molecule has 17 nitrogen and oxygen atoms in total. The van der Waals surface area contributed by atoms with Gasteiger partial charge in [0, 0.05) is 122 Å². The van der Waals surface area contributed by atoms with Gasteiger partial charge in [-0.2, -0.15) is 29.9 Å². The Kier molecular flexibility index (Phi) is 22.6. The minimum atomic E-state index is 0.0300. The quantitative estimate of drug-likeness (QED) is 0.0730. The molecule has 0 aliphatic carbocycles. The van der Waals surface area contributed by atoms with Crippen LogP contribution < -0.4 is 30.7 Å². The van der Waals surface area contributed by atoms with Gasteiger partial charge in [-0.1, -0.05) is 52.4 Å². The van der Waals surface area contributed by atoms with Crippen molar-refractivity contribution in [1.82, 2.24) is 54.4 Å². The van der Waals surface area contributed by atoms with Crippen LogP contribution in [0, 0.1) is 11.8 Å². The van der Waals surface area contributed by atoms with E-state index in [1.807, 2.05) is 0 Å². The highest BCUT2D eigenvalue weighted by molar-refractivity contribution is 5.48. The van der Waals surface area contributed by atoms with Crippen LogP contribution in [0.25, 0.3) is 0 Å². The largest absolute Gasteiger partial charge is 0.354 e. The summed E-state index contributed by atoms with van der Waals surface area (Å²) in [4.78, 5) is 52.1. The van der Waals surface area contributed by atoms with Crippen LogP contribution in [0.15, 0.2) is 0 Å². The number of piperidine rings is 4. The number of piperazine rings is 1. The first-order valence-corrected chi connectivity index (χ1v) is 34.3. The summed E-state index contributed by atoms with van der Waals surface area (Å²) < 4.78 is 0. The lowest BCUT2D eigenvalue weighted by molar-refractivity contribution is -0.0323. The van der Waals surface area contributed by atoms with E-state index in [0.717, 1.165) is 159 Å².